The third-order valence-electron chi connectivity index (χ3n) is 5.60. The van der Waals surface area contributed by atoms with Crippen LogP contribution in [0.2, 0.25) is 0 Å². The Morgan fingerprint density at radius 2 is 2.10 bits per heavy atom. The van der Waals surface area contributed by atoms with Crippen LogP contribution in [0.5, 0.6) is 5.75 Å². The molecule has 0 aliphatic heterocycles. The van der Waals surface area contributed by atoms with E-state index in [1.807, 2.05) is 36.4 Å². The number of nitrogen functional groups attached to an aromatic ring is 1. The second kappa shape index (κ2) is 7.71. The number of pyridine rings is 1. The summed E-state index contributed by atoms with van der Waals surface area (Å²) in [6, 6.07) is 11.2. The predicted molar refractivity (Wildman–Crippen MR) is 118 cm³/mol. The number of nitrogens with zero attached hydrogens (tertiary/aromatic N) is 4. The molecule has 0 atom stereocenters. The maximum atomic E-state index is 12.5. The molecule has 0 unspecified atom stereocenters. The number of methoxy groups -OCH3 is 1. The van der Waals surface area contributed by atoms with Crippen LogP contribution in [-0.4, -0.2) is 32.5 Å². The Balaban J connectivity index is 1.51. The predicted octanol–water partition coefficient (Wildman–Crippen LogP) is 3.08. The number of benzene rings is 1. The van der Waals surface area contributed by atoms with E-state index in [0.29, 0.717) is 22.9 Å². The number of ether oxygens (including phenoxy) is 1. The smallest absolute Gasteiger partial charge is 0.230 e. The quantitative estimate of drug-likeness (QED) is 0.520. The zero-order valence-corrected chi connectivity index (χ0v) is 17.1. The molecule has 156 valence electrons. The molecule has 1 aliphatic carbocycles. The minimum Gasteiger partial charge on any atom is -0.494 e. The van der Waals surface area contributed by atoms with E-state index in [2.05, 4.69) is 24.8 Å². The summed E-state index contributed by atoms with van der Waals surface area (Å²) in [5, 5.41) is 2.92. The summed E-state index contributed by atoms with van der Waals surface area (Å²) in [5.41, 5.74) is 12.6. The van der Waals surface area contributed by atoms with Crippen molar-refractivity contribution in [1.82, 2.24) is 19.5 Å². The molecule has 0 fully saturated rings. The number of aromatic nitrogens is 4. The fraction of sp³-hybridized carbons (Fsp3) is 0.217. The highest BCUT2D eigenvalue weighted by Crippen LogP contribution is 2.37. The number of carbonyl (C=O) groups excluding carboxylic acids is 1. The SMILES string of the molecule is COc1cc(-n2c3c(c4ncnc(N)c42)CCC3)ccc1NC(=O)Cc1ccccn1. The van der Waals surface area contributed by atoms with Gasteiger partial charge in [0.1, 0.15) is 17.6 Å². The second-order valence-electron chi connectivity index (χ2n) is 7.50. The van der Waals surface area contributed by atoms with Gasteiger partial charge in [-0.05, 0) is 49.1 Å². The van der Waals surface area contributed by atoms with E-state index in [9.17, 15) is 4.79 Å². The Morgan fingerprint density at radius 3 is 2.90 bits per heavy atom. The second-order valence-corrected chi connectivity index (χ2v) is 7.50. The van der Waals surface area contributed by atoms with Crippen molar-refractivity contribution >= 4 is 28.4 Å². The minimum atomic E-state index is -0.158. The molecule has 0 saturated heterocycles. The lowest BCUT2D eigenvalue weighted by molar-refractivity contribution is -0.115. The standard InChI is InChI=1S/C23H22N6O2/c1-31-19-12-15(8-9-17(19)28-20(30)11-14-5-2-3-10-25-14)29-18-7-4-6-16(18)21-22(29)23(24)27-13-26-21/h2-3,5,8-10,12-13H,4,6-7,11H2,1H3,(H,28,30)(H2,24,26,27). The van der Waals surface area contributed by atoms with Crippen molar-refractivity contribution in [3.8, 4) is 11.4 Å². The van der Waals surface area contributed by atoms with Gasteiger partial charge in [-0.1, -0.05) is 6.07 Å². The lowest BCUT2D eigenvalue weighted by atomic mass is 10.2. The fourth-order valence-electron chi connectivity index (χ4n) is 4.27. The van der Waals surface area contributed by atoms with E-state index in [1.165, 1.54) is 17.6 Å². The molecule has 3 heterocycles. The molecule has 0 spiro atoms. The number of carbonyl (C=O) groups is 1. The van der Waals surface area contributed by atoms with Crippen molar-refractivity contribution in [2.45, 2.75) is 25.7 Å². The number of aryl methyl sites for hydroxylation is 1. The molecular weight excluding hydrogens is 392 g/mol. The maximum Gasteiger partial charge on any atom is 0.230 e. The summed E-state index contributed by atoms with van der Waals surface area (Å²) in [6.45, 7) is 0. The molecule has 0 saturated carbocycles. The zero-order valence-electron chi connectivity index (χ0n) is 17.1. The van der Waals surface area contributed by atoms with E-state index < -0.39 is 0 Å². The van der Waals surface area contributed by atoms with E-state index in [4.69, 9.17) is 10.5 Å². The van der Waals surface area contributed by atoms with Gasteiger partial charge in [-0.15, -0.1) is 0 Å². The summed E-state index contributed by atoms with van der Waals surface area (Å²) in [4.78, 5) is 25.4. The summed E-state index contributed by atoms with van der Waals surface area (Å²) in [6.07, 6.45) is 6.40. The van der Waals surface area contributed by atoms with Gasteiger partial charge in [-0.2, -0.15) is 0 Å². The minimum absolute atomic E-state index is 0.158. The van der Waals surface area contributed by atoms with Crippen LogP contribution in [0.4, 0.5) is 11.5 Å². The van der Waals surface area contributed by atoms with E-state index >= 15 is 0 Å². The lowest BCUT2D eigenvalue weighted by Gasteiger charge is -2.15. The van der Waals surface area contributed by atoms with Crippen LogP contribution in [0.15, 0.2) is 48.9 Å². The topological polar surface area (TPSA) is 108 Å². The van der Waals surface area contributed by atoms with Gasteiger partial charge in [0.25, 0.3) is 0 Å². The number of hydrogen-bond acceptors (Lipinski definition) is 6. The highest BCUT2D eigenvalue weighted by atomic mass is 16.5. The van der Waals surface area contributed by atoms with Gasteiger partial charge in [0.05, 0.1) is 24.7 Å². The highest BCUT2D eigenvalue weighted by Gasteiger charge is 2.25. The fourth-order valence-corrected chi connectivity index (χ4v) is 4.27. The van der Waals surface area contributed by atoms with Crippen molar-refractivity contribution < 1.29 is 9.53 Å². The van der Waals surface area contributed by atoms with E-state index in [0.717, 1.165) is 36.0 Å². The van der Waals surface area contributed by atoms with Crippen LogP contribution in [-0.2, 0) is 24.1 Å². The summed E-state index contributed by atoms with van der Waals surface area (Å²) in [5.74, 6) is 0.858. The molecule has 3 N–H and O–H groups in total. The molecule has 0 bridgehead atoms. The van der Waals surface area contributed by atoms with Crippen LogP contribution in [0.3, 0.4) is 0 Å². The number of hydrogen-bond donors (Lipinski definition) is 2. The Hall–Kier alpha value is -3.94. The first-order chi connectivity index (χ1) is 15.2. The largest absolute Gasteiger partial charge is 0.494 e. The van der Waals surface area contributed by atoms with Gasteiger partial charge in [0.15, 0.2) is 5.82 Å². The van der Waals surface area contributed by atoms with Crippen LogP contribution >= 0.6 is 0 Å². The van der Waals surface area contributed by atoms with Crippen LogP contribution in [0, 0.1) is 0 Å². The van der Waals surface area contributed by atoms with Gasteiger partial charge < -0.3 is 20.4 Å². The number of nitrogens with one attached hydrogen (secondary N) is 1. The van der Waals surface area contributed by atoms with Crippen LogP contribution in [0.1, 0.15) is 23.4 Å². The Kier molecular flexibility index (Phi) is 4.74. The Morgan fingerprint density at radius 1 is 1.19 bits per heavy atom. The molecule has 3 aromatic heterocycles. The van der Waals surface area contributed by atoms with Crippen molar-refractivity contribution in [3.63, 3.8) is 0 Å². The van der Waals surface area contributed by atoms with E-state index in [-0.39, 0.29) is 12.3 Å². The average Bonchev–Trinajstić information content (AvgIpc) is 3.37. The van der Waals surface area contributed by atoms with Gasteiger partial charge >= 0.3 is 0 Å². The van der Waals surface area contributed by atoms with Crippen LogP contribution < -0.4 is 15.8 Å². The highest BCUT2D eigenvalue weighted by molar-refractivity contribution is 5.94. The van der Waals surface area contributed by atoms with Crippen LogP contribution in [0.25, 0.3) is 16.7 Å². The molecule has 1 aliphatic rings. The summed E-state index contributed by atoms with van der Waals surface area (Å²) >= 11 is 0. The third-order valence-corrected chi connectivity index (χ3v) is 5.60. The first-order valence-electron chi connectivity index (χ1n) is 10.2. The number of rotatable bonds is 5. The third kappa shape index (κ3) is 3.35. The van der Waals surface area contributed by atoms with Crippen molar-refractivity contribution in [2.75, 3.05) is 18.2 Å². The molecule has 31 heavy (non-hydrogen) atoms. The van der Waals surface area contributed by atoms with Gasteiger partial charge in [-0.25, -0.2) is 9.97 Å². The number of anilines is 2. The van der Waals surface area contributed by atoms with Crippen molar-refractivity contribution in [1.29, 1.82) is 0 Å². The van der Waals surface area contributed by atoms with Crippen molar-refractivity contribution in [3.05, 3.63) is 65.9 Å². The summed E-state index contributed by atoms with van der Waals surface area (Å²) < 4.78 is 7.71. The van der Waals surface area contributed by atoms with Gasteiger partial charge in [0.2, 0.25) is 5.91 Å². The summed E-state index contributed by atoms with van der Waals surface area (Å²) in [7, 11) is 1.59. The molecule has 4 aromatic rings. The normalized spacial score (nSPS) is 12.7. The molecule has 5 rings (SSSR count). The molecule has 0 radical (unpaired) electrons. The molecule has 1 amide bonds. The molecule has 8 nitrogen and oxygen atoms in total. The molecular formula is C23H22N6O2. The zero-order chi connectivity index (χ0) is 21.4. The Labute approximate surface area is 179 Å². The first kappa shape index (κ1) is 19.0. The molecule has 8 heteroatoms. The first-order valence-corrected chi connectivity index (χ1v) is 10.2. The maximum absolute atomic E-state index is 12.5. The number of nitrogens with two attached hydrogens (primary N) is 1. The van der Waals surface area contributed by atoms with Gasteiger partial charge in [-0.3, -0.25) is 9.78 Å². The average molecular weight is 414 g/mol. The van der Waals surface area contributed by atoms with Gasteiger partial charge in [0, 0.05) is 29.3 Å². The monoisotopic (exact) mass is 414 g/mol. The number of fused-ring (bicyclic) bond motifs is 3. The number of amides is 1. The Bertz CT molecular complexity index is 1280. The van der Waals surface area contributed by atoms with Crippen molar-refractivity contribution in [2.24, 2.45) is 0 Å². The van der Waals surface area contributed by atoms with E-state index in [1.54, 1.807) is 13.3 Å². The lowest BCUT2D eigenvalue weighted by Crippen LogP contribution is -2.16. The molecule has 1 aromatic carbocycles.